The number of carbonyl (C=O) groups excluding carboxylic acids is 1. The largest absolute Gasteiger partial charge is 0.490 e. The molecule has 0 N–H and O–H groups in total. The summed E-state index contributed by atoms with van der Waals surface area (Å²) >= 11 is 2.92. The van der Waals surface area contributed by atoms with Gasteiger partial charge in [0.05, 0.1) is 10.6 Å². The molecule has 108 valence electrons. The van der Waals surface area contributed by atoms with Gasteiger partial charge >= 0.3 is 0 Å². The van der Waals surface area contributed by atoms with Crippen molar-refractivity contribution < 1.29 is 18.3 Å². The zero-order valence-corrected chi connectivity index (χ0v) is 12.5. The minimum absolute atomic E-state index is 0.0877. The molecular weight excluding hydrogens is 342 g/mol. The first-order chi connectivity index (χ1) is 10.1. The summed E-state index contributed by atoms with van der Waals surface area (Å²) in [6.07, 6.45) is 2.40. The van der Waals surface area contributed by atoms with E-state index < -0.39 is 11.6 Å². The summed E-state index contributed by atoms with van der Waals surface area (Å²) in [6.45, 7) is 0. The molecule has 3 rings (SSSR count). The van der Waals surface area contributed by atoms with Crippen LogP contribution in [0.3, 0.4) is 0 Å². The topological polar surface area (TPSA) is 26.3 Å². The van der Waals surface area contributed by atoms with E-state index in [1.54, 1.807) is 24.3 Å². The second-order valence-corrected chi connectivity index (χ2v) is 5.69. The van der Waals surface area contributed by atoms with Crippen molar-refractivity contribution in [3.8, 4) is 5.75 Å². The van der Waals surface area contributed by atoms with Crippen molar-refractivity contribution in [3.05, 3.63) is 63.6 Å². The number of rotatable bonds is 4. The lowest BCUT2D eigenvalue weighted by Crippen LogP contribution is -2.05. The minimum atomic E-state index is -1.06. The van der Waals surface area contributed by atoms with E-state index in [2.05, 4.69) is 15.9 Å². The Labute approximate surface area is 128 Å². The number of hydrogen-bond acceptors (Lipinski definition) is 2. The fraction of sp³-hybridized carbons (Fsp3) is 0.188. The highest BCUT2D eigenvalue weighted by Crippen LogP contribution is 2.28. The maximum atomic E-state index is 13.5. The molecule has 21 heavy (non-hydrogen) atoms. The standard InChI is InChI=1S/C16H11BrF2O2/c17-14-12(7-8-13(18)15(14)19)16(20)9-1-3-10(4-2-9)21-11-5-6-11/h1-4,7-8,11H,5-6H2. The second-order valence-electron chi connectivity index (χ2n) is 4.89. The summed E-state index contributed by atoms with van der Waals surface area (Å²) in [4.78, 5) is 12.3. The van der Waals surface area contributed by atoms with Gasteiger partial charge in [0.25, 0.3) is 0 Å². The lowest BCUT2D eigenvalue weighted by molar-refractivity contribution is 0.103. The molecule has 5 heteroatoms. The van der Waals surface area contributed by atoms with Gasteiger partial charge in [-0.3, -0.25) is 4.79 Å². The van der Waals surface area contributed by atoms with Crippen LogP contribution in [0.1, 0.15) is 28.8 Å². The van der Waals surface area contributed by atoms with Gasteiger partial charge in [0.2, 0.25) is 0 Å². The average Bonchev–Trinajstić information content (AvgIpc) is 3.29. The number of ketones is 1. The minimum Gasteiger partial charge on any atom is -0.490 e. The van der Waals surface area contributed by atoms with Crippen molar-refractivity contribution in [2.75, 3.05) is 0 Å². The molecule has 0 amide bonds. The van der Waals surface area contributed by atoms with Crippen LogP contribution in [0.25, 0.3) is 0 Å². The average molecular weight is 353 g/mol. The third kappa shape index (κ3) is 2.97. The molecular formula is C16H11BrF2O2. The molecule has 1 saturated carbocycles. The van der Waals surface area contributed by atoms with Crippen LogP contribution < -0.4 is 4.74 Å². The fourth-order valence-corrected chi connectivity index (χ4v) is 2.42. The Hall–Kier alpha value is -1.75. The molecule has 1 aliphatic carbocycles. The number of carbonyl (C=O) groups is 1. The second kappa shape index (κ2) is 5.56. The highest BCUT2D eigenvalue weighted by atomic mass is 79.9. The normalized spacial score (nSPS) is 14.0. The Kier molecular flexibility index (Phi) is 3.76. The number of halogens is 3. The predicted octanol–water partition coefficient (Wildman–Crippen LogP) is 4.50. The highest BCUT2D eigenvalue weighted by molar-refractivity contribution is 9.10. The Balaban J connectivity index is 1.85. The van der Waals surface area contributed by atoms with E-state index in [0.29, 0.717) is 11.3 Å². The summed E-state index contributed by atoms with van der Waals surface area (Å²) in [6, 6.07) is 8.86. The summed E-state index contributed by atoms with van der Waals surface area (Å²) in [5.74, 6) is -1.72. The number of benzene rings is 2. The molecule has 0 aliphatic heterocycles. The lowest BCUT2D eigenvalue weighted by Gasteiger charge is -2.07. The van der Waals surface area contributed by atoms with E-state index in [0.717, 1.165) is 18.9 Å². The van der Waals surface area contributed by atoms with Crippen LogP contribution in [0.5, 0.6) is 5.75 Å². The molecule has 0 aromatic heterocycles. The van der Waals surface area contributed by atoms with Gasteiger partial charge in [-0.15, -0.1) is 0 Å². The fourth-order valence-electron chi connectivity index (χ4n) is 1.92. The van der Waals surface area contributed by atoms with Gasteiger partial charge in [-0.2, -0.15) is 0 Å². The molecule has 2 nitrogen and oxygen atoms in total. The monoisotopic (exact) mass is 352 g/mol. The maximum Gasteiger partial charge on any atom is 0.194 e. The molecule has 0 spiro atoms. The zero-order chi connectivity index (χ0) is 15.0. The van der Waals surface area contributed by atoms with Gasteiger partial charge in [-0.05, 0) is 65.2 Å². The highest BCUT2D eigenvalue weighted by Gasteiger charge is 2.23. The Bertz CT molecular complexity index is 694. The van der Waals surface area contributed by atoms with Crippen LogP contribution in [-0.2, 0) is 0 Å². The third-order valence-electron chi connectivity index (χ3n) is 3.22. The number of ether oxygens (including phenoxy) is 1. The van der Waals surface area contributed by atoms with E-state index in [1.807, 2.05) is 0 Å². The Morgan fingerprint density at radius 1 is 1.10 bits per heavy atom. The molecule has 0 atom stereocenters. The molecule has 0 unspecified atom stereocenters. The van der Waals surface area contributed by atoms with Crippen molar-refractivity contribution >= 4 is 21.7 Å². The number of hydrogen-bond donors (Lipinski definition) is 0. The molecule has 0 radical (unpaired) electrons. The van der Waals surface area contributed by atoms with Crippen LogP contribution in [0.2, 0.25) is 0 Å². The van der Waals surface area contributed by atoms with Crippen LogP contribution >= 0.6 is 15.9 Å². The predicted molar refractivity (Wildman–Crippen MR) is 77.6 cm³/mol. The van der Waals surface area contributed by atoms with E-state index >= 15 is 0 Å². The van der Waals surface area contributed by atoms with Gasteiger partial charge < -0.3 is 4.74 Å². The summed E-state index contributed by atoms with van der Waals surface area (Å²) in [5, 5.41) is 0. The van der Waals surface area contributed by atoms with Crippen LogP contribution in [0, 0.1) is 11.6 Å². The van der Waals surface area contributed by atoms with Crippen molar-refractivity contribution in [2.45, 2.75) is 18.9 Å². The van der Waals surface area contributed by atoms with Crippen molar-refractivity contribution in [1.29, 1.82) is 0 Å². The lowest BCUT2D eigenvalue weighted by atomic mass is 10.0. The van der Waals surface area contributed by atoms with Crippen LogP contribution in [0.4, 0.5) is 8.78 Å². The van der Waals surface area contributed by atoms with Gasteiger partial charge in [0.15, 0.2) is 17.4 Å². The summed E-state index contributed by atoms with van der Waals surface area (Å²) < 4.78 is 32.0. The van der Waals surface area contributed by atoms with Crippen molar-refractivity contribution in [2.24, 2.45) is 0 Å². The van der Waals surface area contributed by atoms with Gasteiger partial charge in [-0.1, -0.05) is 0 Å². The Morgan fingerprint density at radius 2 is 1.76 bits per heavy atom. The molecule has 0 heterocycles. The van der Waals surface area contributed by atoms with Crippen LogP contribution in [0.15, 0.2) is 40.9 Å². The van der Waals surface area contributed by atoms with Gasteiger partial charge in [0.1, 0.15) is 5.75 Å². The van der Waals surface area contributed by atoms with Crippen molar-refractivity contribution in [1.82, 2.24) is 0 Å². The van der Waals surface area contributed by atoms with Gasteiger partial charge in [-0.25, -0.2) is 8.78 Å². The first-order valence-corrected chi connectivity index (χ1v) is 7.30. The van der Waals surface area contributed by atoms with Crippen LogP contribution in [-0.4, -0.2) is 11.9 Å². The molecule has 2 aromatic carbocycles. The van der Waals surface area contributed by atoms with E-state index in [1.165, 1.54) is 6.07 Å². The van der Waals surface area contributed by atoms with Gasteiger partial charge in [0, 0.05) is 11.1 Å². The van der Waals surface area contributed by atoms with E-state index in [-0.39, 0.29) is 21.9 Å². The first-order valence-electron chi connectivity index (χ1n) is 6.51. The Morgan fingerprint density at radius 3 is 2.38 bits per heavy atom. The van der Waals surface area contributed by atoms with E-state index in [9.17, 15) is 13.6 Å². The SMILES string of the molecule is O=C(c1ccc(OC2CC2)cc1)c1ccc(F)c(F)c1Br. The third-order valence-corrected chi connectivity index (χ3v) is 4.00. The molecule has 0 saturated heterocycles. The molecule has 2 aromatic rings. The summed E-state index contributed by atoms with van der Waals surface area (Å²) in [7, 11) is 0. The quantitative estimate of drug-likeness (QED) is 0.598. The van der Waals surface area contributed by atoms with Crippen molar-refractivity contribution in [3.63, 3.8) is 0 Å². The summed E-state index contributed by atoms with van der Waals surface area (Å²) in [5.41, 5.74) is 0.481. The molecule has 1 fully saturated rings. The smallest absolute Gasteiger partial charge is 0.194 e. The van der Waals surface area contributed by atoms with E-state index in [4.69, 9.17) is 4.74 Å². The zero-order valence-electron chi connectivity index (χ0n) is 10.9. The molecule has 0 bridgehead atoms. The molecule has 1 aliphatic rings. The maximum absolute atomic E-state index is 13.5. The first kappa shape index (κ1) is 14.2.